The lowest BCUT2D eigenvalue weighted by molar-refractivity contribution is 0.526. The van der Waals surface area contributed by atoms with E-state index in [1.165, 1.54) is 94.0 Å². The SMILES string of the molecule is CC(C)CCCCCc1ccccc1N(CCCCCC(C)C)c1ccccc1.CCCCCN. The largest absolute Gasteiger partial charge is 0.341 e. The highest BCUT2D eigenvalue weighted by Gasteiger charge is 2.13. The summed E-state index contributed by atoms with van der Waals surface area (Å²) in [6.45, 7) is 13.4. The lowest BCUT2D eigenvalue weighted by atomic mass is 10.0. The Morgan fingerprint density at radius 1 is 0.657 bits per heavy atom. The first-order valence-electron chi connectivity index (χ1n) is 14.6. The molecule has 0 fully saturated rings. The zero-order valence-electron chi connectivity index (χ0n) is 23.8. The van der Waals surface area contributed by atoms with E-state index in [-0.39, 0.29) is 0 Å². The van der Waals surface area contributed by atoms with Crippen molar-refractivity contribution in [1.29, 1.82) is 0 Å². The van der Waals surface area contributed by atoms with E-state index in [0.717, 1.165) is 24.9 Å². The average molecular weight is 481 g/mol. The zero-order valence-corrected chi connectivity index (χ0v) is 23.8. The van der Waals surface area contributed by atoms with Crippen molar-refractivity contribution in [3.8, 4) is 0 Å². The molecule has 2 heteroatoms. The highest BCUT2D eigenvalue weighted by atomic mass is 15.1. The molecule has 0 aliphatic heterocycles. The molecule has 0 bridgehead atoms. The number of rotatable bonds is 17. The Bertz CT molecular complexity index is 719. The zero-order chi connectivity index (χ0) is 25.7. The number of para-hydroxylation sites is 2. The minimum Gasteiger partial charge on any atom is -0.341 e. The molecular formula is C33H56N2. The van der Waals surface area contributed by atoms with Crippen LogP contribution in [-0.4, -0.2) is 13.1 Å². The van der Waals surface area contributed by atoms with Crippen LogP contribution in [0.2, 0.25) is 0 Å². The van der Waals surface area contributed by atoms with Crippen LogP contribution >= 0.6 is 0 Å². The number of benzene rings is 2. The molecule has 2 aromatic rings. The second-order valence-electron chi connectivity index (χ2n) is 10.8. The smallest absolute Gasteiger partial charge is 0.0443 e. The molecule has 0 amide bonds. The van der Waals surface area contributed by atoms with Gasteiger partial charge in [0.15, 0.2) is 0 Å². The van der Waals surface area contributed by atoms with Gasteiger partial charge in [0.2, 0.25) is 0 Å². The van der Waals surface area contributed by atoms with Crippen LogP contribution in [0.25, 0.3) is 0 Å². The average Bonchev–Trinajstić information content (AvgIpc) is 2.86. The minimum atomic E-state index is 0.816. The van der Waals surface area contributed by atoms with E-state index in [2.05, 4.69) is 94.1 Å². The molecule has 0 spiro atoms. The molecule has 0 saturated carbocycles. The van der Waals surface area contributed by atoms with Gasteiger partial charge in [-0.15, -0.1) is 0 Å². The van der Waals surface area contributed by atoms with Crippen LogP contribution in [0, 0.1) is 11.8 Å². The van der Waals surface area contributed by atoms with Crippen molar-refractivity contribution in [2.75, 3.05) is 18.0 Å². The molecule has 198 valence electrons. The van der Waals surface area contributed by atoms with Gasteiger partial charge in [-0.05, 0) is 67.8 Å². The maximum absolute atomic E-state index is 5.21. The fourth-order valence-corrected chi connectivity index (χ4v) is 4.42. The van der Waals surface area contributed by atoms with Crippen LogP contribution in [0.4, 0.5) is 11.4 Å². The Balaban J connectivity index is 0.000000905. The summed E-state index contributed by atoms with van der Waals surface area (Å²) in [4.78, 5) is 2.55. The summed E-state index contributed by atoms with van der Waals surface area (Å²) in [5.74, 6) is 1.64. The third kappa shape index (κ3) is 15.0. The molecule has 0 aliphatic rings. The van der Waals surface area contributed by atoms with Crippen molar-refractivity contribution < 1.29 is 0 Å². The number of hydrogen-bond donors (Lipinski definition) is 1. The summed E-state index contributed by atoms with van der Waals surface area (Å²) in [6, 6.07) is 20.0. The first-order chi connectivity index (χ1) is 17.0. The Morgan fingerprint density at radius 2 is 1.26 bits per heavy atom. The van der Waals surface area contributed by atoms with E-state index in [0.29, 0.717) is 0 Å². The van der Waals surface area contributed by atoms with Crippen molar-refractivity contribution in [3.05, 3.63) is 60.2 Å². The van der Waals surface area contributed by atoms with Crippen molar-refractivity contribution in [1.82, 2.24) is 0 Å². The number of aryl methyl sites for hydroxylation is 1. The second kappa shape index (κ2) is 20.4. The van der Waals surface area contributed by atoms with E-state index in [4.69, 9.17) is 5.73 Å². The molecule has 0 radical (unpaired) electrons. The molecular weight excluding hydrogens is 424 g/mol. The van der Waals surface area contributed by atoms with Gasteiger partial charge in [-0.25, -0.2) is 0 Å². The lowest BCUT2D eigenvalue weighted by Crippen LogP contribution is -2.20. The Kier molecular flexibility index (Phi) is 18.2. The van der Waals surface area contributed by atoms with E-state index in [9.17, 15) is 0 Å². The normalized spacial score (nSPS) is 11.0. The standard InChI is InChI=1S/C28H43N.C5H13N/c1-24(2)16-8-5-10-18-26-19-13-14-22-28(26)29(27-20-11-6-12-21-27)23-15-7-9-17-25(3)4;1-2-3-4-5-6/h6,11-14,19-22,24-25H,5,7-10,15-18,23H2,1-4H3;2-6H2,1H3. The highest BCUT2D eigenvalue weighted by Crippen LogP contribution is 2.30. The van der Waals surface area contributed by atoms with Crippen LogP contribution in [0.15, 0.2) is 54.6 Å². The maximum atomic E-state index is 5.21. The molecule has 0 heterocycles. The number of anilines is 2. The summed E-state index contributed by atoms with van der Waals surface area (Å²) in [6.07, 6.45) is 15.6. The van der Waals surface area contributed by atoms with Crippen LogP contribution in [-0.2, 0) is 6.42 Å². The number of hydrogen-bond acceptors (Lipinski definition) is 2. The number of nitrogens with zero attached hydrogens (tertiary/aromatic N) is 1. The summed E-state index contributed by atoms with van der Waals surface area (Å²) < 4.78 is 0. The fraction of sp³-hybridized carbons (Fsp3) is 0.636. The highest BCUT2D eigenvalue weighted by molar-refractivity contribution is 5.66. The van der Waals surface area contributed by atoms with Gasteiger partial charge in [0, 0.05) is 17.9 Å². The van der Waals surface area contributed by atoms with Crippen LogP contribution < -0.4 is 10.6 Å². The molecule has 0 unspecified atom stereocenters. The van der Waals surface area contributed by atoms with E-state index in [1.54, 1.807) is 0 Å². The van der Waals surface area contributed by atoms with Crippen LogP contribution in [0.5, 0.6) is 0 Å². The minimum absolute atomic E-state index is 0.816. The Hall–Kier alpha value is -1.80. The predicted octanol–water partition coefficient (Wildman–Crippen LogP) is 9.94. The van der Waals surface area contributed by atoms with E-state index < -0.39 is 0 Å². The van der Waals surface area contributed by atoms with E-state index in [1.807, 2.05) is 0 Å². The van der Waals surface area contributed by atoms with Crippen molar-refractivity contribution in [3.63, 3.8) is 0 Å². The summed E-state index contributed by atoms with van der Waals surface area (Å²) in [7, 11) is 0. The van der Waals surface area contributed by atoms with Crippen molar-refractivity contribution >= 4 is 11.4 Å². The Labute approximate surface area is 218 Å². The van der Waals surface area contributed by atoms with Gasteiger partial charge in [0.25, 0.3) is 0 Å². The lowest BCUT2D eigenvalue weighted by Gasteiger charge is -2.27. The third-order valence-electron chi connectivity index (χ3n) is 6.55. The van der Waals surface area contributed by atoms with Crippen LogP contribution in [0.3, 0.4) is 0 Å². The monoisotopic (exact) mass is 480 g/mol. The Morgan fingerprint density at radius 3 is 1.83 bits per heavy atom. The summed E-state index contributed by atoms with van der Waals surface area (Å²) in [5.41, 5.74) is 9.45. The third-order valence-corrected chi connectivity index (χ3v) is 6.55. The van der Waals surface area contributed by atoms with Crippen molar-refractivity contribution in [2.24, 2.45) is 17.6 Å². The van der Waals surface area contributed by atoms with Crippen molar-refractivity contribution in [2.45, 2.75) is 112 Å². The van der Waals surface area contributed by atoms with Gasteiger partial charge in [0.1, 0.15) is 0 Å². The maximum Gasteiger partial charge on any atom is 0.0443 e. The molecule has 2 aromatic carbocycles. The molecule has 2 rings (SSSR count). The molecule has 0 aromatic heterocycles. The van der Waals surface area contributed by atoms with Gasteiger partial charge in [0.05, 0.1) is 0 Å². The molecule has 0 atom stereocenters. The predicted molar refractivity (Wildman–Crippen MR) is 159 cm³/mol. The second-order valence-corrected chi connectivity index (χ2v) is 10.8. The van der Waals surface area contributed by atoms with Gasteiger partial charge in [-0.3, -0.25) is 0 Å². The van der Waals surface area contributed by atoms with Gasteiger partial charge < -0.3 is 10.6 Å². The molecule has 2 N–H and O–H groups in total. The van der Waals surface area contributed by atoms with Crippen LogP contribution in [0.1, 0.15) is 111 Å². The quantitative estimate of drug-likeness (QED) is 0.228. The fourth-order valence-electron chi connectivity index (χ4n) is 4.42. The molecule has 2 nitrogen and oxygen atoms in total. The topological polar surface area (TPSA) is 29.3 Å². The number of nitrogens with two attached hydrogens (primary N) is 1. The summed E-state index contributed by atoms with van der Waals surface area (Å²) in [5, 5.41) is 0. The molecule has 0 saturated heterocycles. The molecule has 0 aliphatic carbocycles. The molecule has 35 heavy (non-hydrogen) atoms. The van der Waals surface area contributed by atoms with E-state index >= 15 is 0 Å². The number of unbranched alkanes of at least 4 members (excludes halogenated alkanes) is 6. The van der Waals surface area contributed by atoms with Gasteiger partial charge in [-0.1, -0.05) is 122 Å². The summed E-state index contributed by atoms with van der Waals surface area (Å²) >= 11 is 0. The first kappa shape index (κ1) is 31.2. The van der Waals surface area contributed by atoms with Gasteiger partial charge in [-0.2, -0.15) is 0 Å². The van der Waals surface area contributed by atoms with Gasteiger partial charge >= 0.3 is 0 Å². The first-order valence-corrected chi connectivity index (χ1v) is 14.6.